The maximum atomic E-state index is 12.5. The maximum Gasteiger partial charge on any atom is 0.330 e. The molecule has 0 fully saturated rings. The minimum atomic E-state index is -3.49. The van der Waals surface area contributed by atoms with Gasteiger partial charge in [-0.3, -0.25) is 0 Å². The van der Waals surface area contributed by atoms with E-state index < -0.39 is 16.0 Å². The number of ether oxygens (including phenoxy) is 2. The molecular formula is C22H27NO5S. The van der Waals surface area contributed by atoms with Crippen molar-refractivity contribution in [1.29, 1.82) is 0 Å². The highest BCUT2D eigenvalue weighted by atomic mass is 32.2. The first-order valence-corrected chi connectivity index (χ1v) is 11.0. The Kier molecular flexibility index (Phi) is 8.42. The largest absolute Gasteiger partial charge is 0.490 e. The standard InChI is InChI=1S/C22H27NO5S/c1-4-23(5-2)29(25,26)20-13-10-19(11-14-20)12-15-22(24)28-17-16-27-21-9-7-6-8-18(21)3/h6-15H,4-5,16-17H2,1-3H3/b15-12+. The van der Waals surface area contributed by atoms with Gasteiger partial charge in [0.1, 0.15) is 19.0 Å². The average molecular weight is 418 g/mol. The number of aryl methyl sites for hydroxylation is 1. The summed E-state index contributed by atoms with van der Waals surface area (Å²) in [5.41, 5.74) is 1.72. The third-order valence-corrected chi connectivity index (χ3v) is 6.38. The molecule has 0 aliphatic rings. The molecule has 156 valence electrons. The van der Waals surface area contributed by atoms with Crippen LogP contribution in [0.1, 0.15) is 25.0 Å². The highest BCUT2D eigenvalue weighted by molar-refractivity contribution is 7.89. The van der Waals surface area contributed by atoms with Gasteiger partial charge in [-0.2, -0.15) is 4.31 Å². The van der Waals surface area contributed by atoms with Gasteiger partial charge in [0.25, 0.3) is 0 Å². The average Bonchev–Trinajstić information content (AvgIpc) is 2.72. The quantitative estimate of drug-likeness (QED) is 0.335. The van der Waals surface area contributed by atoms with Gasteiger partial charge in [-0.1, -0.05) is 44.2 Å². The van der Waals surface area contributed by atoms with Crippen LogP contribution in [0.25, 0.3) is 6.08 Å². The van der Waals surface area contributed by atoms with E-state index in [9.17, 15) is 13.2 Å². The fourth-order valence-corrected chi connectivity index (χ4v) is 4.15. The summed E-state index contributed by atoms with van der Waals surface area (Å²) in [5, 5.41) is 0. The molecule has 2 aromatic rings. The van der Waals surface area contributed by atoms with Crippen molar-refractivity contribution in [2.45, 2.75) is 25.7 Å². The van der Waals surface area contributed by atoms with Gasteiger partial charge in [0, 0.05) is 19.2 Å². The molecule has 0 saturated carbocycles. The zero-order valence-corrected chi connectivity index (χ0v) is 17.8. The lowest BCUT2D eigenvalue weighted by molar-refractivity contribution is -0.138. The number of hydrogen-bond donors (Lipinski definition) is 0. The minimum Gasteiger partial charge on any atom is -0.490 e. The second kappa shape index (κ2) is 10.8. The van der Waals surface area contributed by atoms with Crippen molar-refractivity contribution < 1.29 is 22.7 Å². The first-order valence-electron chi connectivity index (χ1n) is 9.52. The number of nitrogens with zero attached hydrogens (tertiary/aromatic N) is 1. The number of carbonyl (C=O) groups is 1. The molecule has 0 bridgehead atoms. The lowest BCUT2D eigenvalue weighted by Gasteiger charge is -2.18. The highest BCUT2D eigenvalue weighted by Gasteiger charge is 2.20. The zero-order valence-electron chi connectivity index (χ0n) is 17.0. The van der Waals surface area contributed by atoms with Crippen molar-refractivity contribution in [2.24, 2.45) is 0 Å². The molecule has 0 heterocycles. The number of esters is 1. The Morgan fingerprint density at radius 1 is 1.00 bits per heavy atom. The van der Waals surface area contributed by atoms with Crippen molar-refractivity contribution in [3.05, 3.63) is 65.7 Å². The van der Waals surface area contributed by atoms with E-state index in [4.69, 9.17) is 9.47 Å². The van der Waals surface area contributed by atoms with Gasteiger partial charge < -0.3 is 9.47 Å². The van der Waals surface area contributed by atoms with Crippen molar-refractivity contribution in [3.63, 3.8) is 0 Å². The summed E-state index contributed by atoms with van der Waals surface area (Å²) in [6.07, 6.45) is 2.89. The van der Waals surface area contributed by atoms with Crippen LogP contribution in [0.3, 0.4) is 0 Å². The highest BCUT2D eigenvalue weighted by Crippen LogP contribution is 2.17. The van der Waals surface area contributed by atoms with E-state index in [1.54, 1.807) is 32.1 Å². The fraction of sp³-hybridized carbons (Fsp3) is 0.318. The molecular weight excluding hydrogens is 390 g/mol. The zero-order chi connectivity index (χ0) is 21.3. The Bertz CT molecular complexity index is 932. The van der Waals surface area contributed by atoms with E-state index in [1.807, 2.05) is 31.2 Å². The van der Waals surface area contributed by atoms with Crippen molar-refractivity contribution in [3.8, 4) is 5.75 Å². The van der Waals surface area contributed by atoms with Crippen LogP contribution in [-0.2, 0) is 19.6 Å². The molecule has 29 heavy (non-hydrogen) atoms. The van der Waals surface area contributed by atoms with Crippen molar-refractivity contribution >= 4 is 22.1 Å². The van der Waals surface area contributed by atoms with Crippen LogP contribution in [0.4, 0.5) is 0 Å². The van der Waals surface area contributed by atoms with Gasteiger partial charge in [-0.15, -0.1) is 0 Å². The number of benzene rings is 2. The van der Waals surface area contributed by atoms with Crippen LogP contribution in [0.15, 0.2) is 59.5 Å². The molecule has 6 nitrogen and oxygen atoms in total. The van der Waals surface area contributed by atoms with Gasteiger partial charge in [0.05, 0.1) is 4.90 Å². The van der Waals surface area contributed by atoms with Gasteiger partial charge in [-0.25, -0.2) is 13.2 Å². The molecule has 0 aromatic heterocycles. The van der Waals surface area contributed by atoms with E-state index in [1.165, 1.54) is 22.5 Å². The Balaban J connectivity index is 1.85. The second-order valence-electron chi connectivity index (χ2n) is 6.27. The normalized spacial score (nSPS) is 11.7. The van der Waals surface area contributed by atoms with Crippen LogP contribution in [0.5, 0.6) is 5.75 Å². The molecule has 7 heteroatoms. The van der Waals surface area contributed by atoms with E-state index in [0.29, 0.717) is 18.7 Å². The summed E-state index contributed by atoms with van der Waals surface area (Å²) in [6.45, 7) is 6.79. The number of hydrogen-bond acceptors (Lipinski definition) is 5. The van der Waals surface area contributed by atoms with Gasteiger partial charge in [0.15, 0.2) is 0 Å². The SMILES string of the molecule is CCN(CC)S(=O)(=O)c1ccc(/C=C/C(=O)OCCOc2ccccc2C)cc1. The summed E-state index contributed by atoms with van der Waals surface area (Å²) in [7, 11) is -3.49. The third-order valence-electron chi connectivity index (χ3n) is 4.31. The molecule has 0 unspecified atom stereocenters. The molecule has 0 aliphatic carbocycles. The minimum absolute atomic E-state index is 0.137. The van der Waals surface area contributed by atoms with Crippen LogP contribution >= 0.6 is 0 Å². The van der Waals surface area contributed by atoms with E-state index in [0.717, 1.165) is 11.3 Å². The molecule has 2 aromatic carbocycles. The summed E-state index contributed by atoms with van der Waals surface area (Å²) in [5.74, 6) is 0.275. The summed E-state index contributed by atoms with van der Waals surface area (Å²) < 4.78 is 37.0. The number of rotatable bonds is 10. The van der Waals surface area contributed by atoms with Crippen LogP contribution in [-0.4, -0.2) is 45.0 Å². The molecule has 2 rings (SSSR count). The lowest BCUT2D eigenvalue weighted by atomic mass is 10.2. The molecule has 0 atom stereocenters. The summed E-state index contributed by atoms with van der Waals surface area (Å²) >= 11 is 0. The van der Waals surface area contributed by atoms with Crippen LogP contribution in [0.2, 0.25) is 0 Å². The molecule has 0 saturated heterocycles. The maximum absolute atomic E-state index is 12.5. The Labute approximate surface area is 172 Å². The third kappa shape index (κ3) is 6.44. The first-order chi connectivity index (χ1) is 13.9. The first kappa shape index (κ1) is 22.6. The fourth-order valence-electron chi connectivity index (χ4n) is 2.69. The Morgan fingerprint density at radius 3 is 2.28 bits per heavy atom. The molecule has 0 aliphatic heterocycles. The molecule has 0 radical (unpaired) electrons. The molecule has 0 N–H and O–H groups in total. The second-order valence-corrected chi connectivity index (χ2v) is 8.21. The van der Waals surface area contributed by atoms with Gasteiger partial charge >= 0.3 is 5.97 Å². The van der Waals surface area contributed by atoms with E-state index in [2.05, 4.69) is 0 Å². The van der Waals surface area contributed by atoms with E-state index in [-0.39, 0.29) is 18.1 Å². The van der Waals surface area contributed by atoms with Crippen molar-refractivity contribution in [1.82, 2.24) is 4.31 Å². The van der Waals surface area contributed by atoms with Crippen molar-refractivity contribution in [2.75, 3.05) is 26.3 Å². The predicted octanol–water partition coefficient (Wildman–Crippen LogP) is 3.66. The number of carbonyl (C=O) groups excluding carboxylic acids is 1. The summed E-state index contributed by atoms with van der Waals surface area (Å²) in [6, 6.07) is 14.0. The van der Waals surface area contributed by atoms with Crippen LogP contribution < -0.4 is 4.74 Å². The van der Waals surface area contributed by atoms with E-state index >= 15 is 0 Å². The predicted molar refractivity (Wildman–Crippen MR) is 113 cm³/mol. The number of sulfonamides is 1. The Hall–Kier alpha value is -2.64. The Morgan fingerprint density at radius 2 is 1.66 bits per heavy atom. The lowest BCUT2D eigenvalue weighted by Crippen LogP contribution is -2.30. The smallest absolute Gasteiger partial charge is 0.330 e. The van der Waals surface area contributed by atoms with Gasteiger partial charge in [0.2, 0.25) is 10.0 Å². The summed E-state index contributed by atoms with van der Waals surface area (Å²) in [4.78, 5) is 12.1. The molecule has 0 spiro atoms. The van der Waals surface area contributed by atoms with Gasteiger partial charge in [-0.05, 0) is 42.3 Å². The number of para-hydroxylation sites is 1. The van der Waals surface area contributed by atoms with Crippen LogP contribution in [0, 0.1) is 6.92 Å². The monoisotopic (exact) mass is 417 g/mol. The molecule has 0 amide bonds. The topological polar surface area (TPSA) is 72.9 Å².